The van der Waals surface area contributed by atoms with Crippen molar-refractivity contribution >= 4 is 11.6 Å². The predicted molar refractivity (Wildman–Crippen MR) is 97.9 cm³/mol. The van der Waals surface area contributed by atoms with Gasteiger partial charge in [-0.25, -0.2) is 4.39 Å². The van der Waals surface area contributed by atoms with Gasteiger partial charge in [0.2, 0.25) is 0 Å². The van der Waals surface area contributed by atoms with Crippen molar-refractivity contribution in [2.24, 2.45) is 5.92 Å². The molecule has 0 spiro atoms. The number of amides is 1. The lowest BCUT2D eigenvalue weighted by atomic mass is 9.91. The summed E-state index contributed by atoms with van der Waals surface area (Å²) in [6.45, 7) is 4.69. The van der Waals surface area contributed by atoms with Crippen LogP contribution in [0.1, 0.15) is 39.0 Å². The zero-order valence-electron chi connectivity index (χ0n) is 15.1. The van der Waals surface area contributed by atoms with Crippen molar-refractivity contribution in [1.29, 1.82) is 0 Å². The summed E-state index contributed by atoms with van der Waals surface area (Å²) in [4.78, 5) is 15.9. The van der Waals surface area contributed by atoms with Crippen LogP contribution < -0.4 is 9.64 Å². The molecule has 0 unspecified atom stereocenters. The van der Waals surface area contributed by atoms with Gasteiger partial charge in [0.15, 0.2) is 6.61 Å². The minimum Gasteiger partial charge on any atom is -0.482 e. The van der Waals surface area contributed by atoms with E-state index in [1.165, 1.54) is 37.0 Å². The summed E-state index contributed by atoms with van der Waals surface area (Å²) >= 11 is 0. The molecule has 1 aromatic rings. The molecule has 0 aliphatic carbocycles. The summed E-state index contributed by atoms with van der Waals surface area (Å²) in [6, 6.07) is 7.35. The van der Waals surface area contributed by atoms with E-state index in [1.807, 2.05) is 24.3 Å². The highest BCUT2D eigenvalue weighted by molar-refractivity contribution is 5.97. The van der Waals surface area contributed by atoms with E-state index in [0.29, 0.717) is 18.0 Å². The van der Waals surface area contributed by atoms with Gasteiger partial charge >= 0.3 is 0 Å². The van der Waals surface area contributed by atoms with Crippen LogP contribution >= 0.6 is 0 Å². The number of ether oxygens (including phenoxy) is 1. The molecule has 5 heteroatoms. The summed E-state index contributed by atoms with van der Waals surface area (Å²) in [6.07, 6.45) is 5.17. The minimum atomic E-state index is -1.04. The van der Waals surface area contributed by atoms with Crippen LogP contribution in [0.25, 0.3) is 0 Å². The molecule has 0 aromatic heterocycles. The Kier molecular flexibility index (Phi) is 6.29. The average Bonchev–Trinajstić information content (AvgIpc) is 2.63. The highest BCUT2D eigenvalue weighted by Crippen LogP contribution is 2.32. The molecule has 1 amide bonds. The number of hydrogen-bond acceptors (Lipinski definition) is 3. The lowest BCUT2D eigenvalue weighted by Crippen LogP contribution is -2.46. The standard InChI is InChI=1S/C20H29FN2O2/c1-2-3-6-16-9-11-22(12-10-16)13-17(21)14-23-18-7-4-5-8-19(18)25-15-20(23)24/h4-5,7-8,16-17H,2-3,6,9-15H2,1H3/t17-/m1/s1. The molecule has 3 rings (SSSR count). The van der Waals surface area contributed by atoms with E-state index in [9.17, 15) is 9.18 Å². The van der Waals surface area contributed by atoms with Crippen molar-refractivity contribution in [2.45, 2.75) is 45.2 Å². The van der Waals surface area contributed by atoms with E-state index in [1.54, 1.807) is 0 Å². The number of carbonyl (C=O) groups is 1. The first-order valence-electron chi connectivity index (χ1n) is 9.56. The maximum atomic E-state index is 14.7. The number of carbonyl (C=O) groups excluding carboxylic acids is 1. The summed E-state index contributed by atoms with van der Waals surface area (Å²) in [5.74, 6) is 1.30. The van der Waals surface area contributed by atoms with Gasteiger partial charge < -0.3 is 14.5 Å². The fraction of sp³-hybridized carbons (Fsp3) is 0.650. The zero-order chi connectivity index (χ0) is 17.6. The van der Waals surface area contributed by atoms with Crippen molar-refractivity contribution in [1.82, 2.24) is 4.90 Å². The van der Waals surface area contributed by atoms with Gasteiger partial charge in [0, 0.05) is 6.54 Å². The second kappa shape index (κ2) is 8.65. The van der Waals surface area contributed by atoms with Crippen LogP contribution in [0.15, 0.2) is 24.3 Å². The average molecular weight is 348 g/mol. The van der Waals surface area contributed by atoms with Crippen molar-refractivity contribution < 1.29 is 13.9 Å². The van der Waals surface area contributed by atoms with Crippen LogP contribution in [-0.4, -0.2) is 49.8 Å². The molecule has 2 heterocycles. The number of benzene rings is 1. The van der Waals surface area contributed by atoms with Crippen LogP contribution in [0.3, 0.4) is 0 Å². The molecule has 2 aliphatic rings. The molecule has 0 bridgehead atoms. The highest BCUT2D eigenvalue weighted by Gasteiger charge is 2.29. The second-order valence-corrected chi connectivity index (χ2v) is 7.24. The Morgan fingerprint density at radius 3 is 2.76 bits per heavy atom. The lowest BCUT2D eigenvalue weighted by molar-refractivity contribution is -0.121. The molecule has 0 saturated carbocycles. The number of fused-ring (bicyclic) bond motifs is 1. The summed E-state index contributed by atoms with van der Waals surface area (Å²) in [5, 5.41) is 0. The molecule has 1 atom stereocenters. The monoisotopic (exact) mass is 348 g/mol. The van der Waals surface area contributed by atoms with E-state index in [2.05, 4.69) is 11.8 Å². The number of likely N-dealkylation sites (tertiary alicyclic amines) is 1. The Morgan fingerprint density at radius 2 is 2.00 bits per heavy atom. The van der Waals surface area contributed by atoms with Crippen molar-refractivity contribution in [2.75, 3.05) is 37.7 Å². The van der Waals surface area contributed by atoms with Gasteiger partial charge in [0.05, 0.1) is 12.2 Å². The van der Waals surface area contributed by atoms with Crippen molar-refractivity contribution in [3.05, 3.63) is 24.3 Å². The van der Waals surface area contributed by atoms with Crippen LogP contribution in [0.4, 0.5) is 10.1 Å². The Balaban J connectivity index is 1.50. The van der Waals surface area contributed by atoms with Gasteiger partial charge in [-0.1, -0.05) is 38.3 Å². The molecule has 1 fully saturated rings. The normalized spacial score (nSPS) is 20.2. The number of halogens is 1. The van der Waals surface area contributed by atoms with Crippen LogP contribution in [-0.2, 0) is 4.79 Å². The maximum absolute atomic E-state index is 14.7. The second-order valence-electron chi connectivity index (χ2n) is 7.24. The number of anilines is 1. The van der Waals surface area contributed by atoms with Crippen LogP contribution in [0, 0.1) is 5.92 Å². The quantitative estimate of drug-likeness (QED) is 0.754. The van der Waals surface area contributed by atoms with E-state index >= 15 is 0 Å². The van der Waals surface area contributed by atoms with E-state index < -0.39 is 6.17 Å². The molecule has 1 aromatic carbocycles. The predicted octanol–water partition coefficient (Wildman–Crippen LogP) is 3.65. The summed E-state index contributed by atoms with van der Waals surface area (Å²) in [7, 11) is 0. The number of piperidine rings is 1. The van der Waals surface area contributed by atoms with E-state index in [-0.39, 0.29) is 19.1 Å². The third-order valence-corrected chi connectivity index (χ3v) is 5.32. The largest absolute Gasteiger partial charge is 0.482 e. The Labute approximate surface area is 149 Å². The van der Waals surface area contributed by atoms with Gasteiger partial charge in [-0.15, -0.1) is 0 Å². The maximum Gasteiger partial charge on any atom is 0.265 e. The summed E-state index contributed by atoms with van der Waals surface area (Å²) in [5.41, 5.74) is 0.680. The SMILES string of the molecule is CCCCC1CCN(C[C@@H](F)CN2C(=O)COc3ccccc32)CC1. The lowest BCUT2D eigenvalue weighted by Gasteiger charge is -2.34. The molecule has 138 valence electrons. The molecule has 0 N–H and O–H groups in total. The van der Waals surface area contributed by atoms with Crippen molar-refractivity contribution in [3.63, 3.8) is 0 Å². The first kappa shape index (κ1) is 18.2. The first-order chi connectivity index (χ1) is 12.2. The van der Waals surface area contributed by atoms with Gasteiger partial charge in [-0.2, -0.15) is 0 Å². The van der Waals surface area contributed by atoms with Gasteiger partial charge in [-0.05, 0) is 44.0 Å². The number of rotatable bonds is 7. The fourth-order valence-electron chi connectivity index (χ4n) is 3.84. The van der Waals surface area contributed by atoms with Gasteiger partial charge in [0.1, 0.15) is 11.9 Å². The third kappa shape index (κ3) is 4.72. The molecular weight excluding hydrogens is 319 g/mol. The van der Waals surface area contributed by atoms with Crippen LogP contribution in [0.5, 0.6) is 5.75 Å². The number of nitrogens with zero attached hydrogens (tertiary/aromatic N) is 2. The van der Waals surface area contributed by atoms with E-state index in [0.717, 1.165) is 19.0 Å². The smallest absolute Gasteiger partial charge is 0.265 e. The molecule has 25 heavy (non-hydrogen) atoms. The van der Waals surface area contributed by atoms with Gasteiger partial charge in [0.25, 0.3) is 5.91 Å². The number of hydrogen-bond donors (Lipinski definition) is 0. The molecule has 0 radical (unpaired) electrons. The molecule has 1 saturated heterocycles. The highest BCUT2D eigenvalue weighted by atomic mass is 19.1. The van der Waals surface area contributed by atoms with Gasteiger partial charge in [-0.3, -0.25) is 4.79 Å². The summed E-state index contributed by atoms with van der Waals surface area (Å²) < 4.78 is 20.1. The van der Waals surface area contributed by atoms with E-state index in [4.69, 9.17) is 4.74 Å². The van der Waals surface area contributed by atoms with Crippen LogP contribution in [0.2, 0.25) is 0 Å². The molecular formula is C20H29FN2O2. The molecule has 4 nitrogen and oxygen atoms in total. The number of unbranched alkanes of at least 4 members (excludes halogenated alkanes) is 1. The third-order valence-electron chi connectivity index (χ3n) is 5.32. The topological polar surface area (TPSA) is 32.8 Å². The zero-order valence-corrected chi connectivity index (χ0v) is 15.1. The number of para-hydroxylation sites is 2. The Morgan fingerprint density at radius 1 is 1.24 bits per heavy atom. The first-order valence-corrected chi connectivity index (χ1v) is 9.56. The minimum absolute atomic E-state index is 0.00738. The molecule has 2 aliphatic heterocycles. The Bertz CT molecular complexity index is 573. The number of alkyl halides is 1. The fourth-order valence-corrected chi connectivity index (χ4v) is 3.84. The van der Waals surface area contributed by atoms with Crippen molar-refractivity contribution in [3.8, 4) is 5.75 Å². The Hall–Kier alpha value is -1.62.